The lowest BCUT2D eigenvalue weighted by Gasteiger charge is -2.15. The van der Waals surface area contributed by atoms with Crippen molar-refractivity contribution < 1.29 is 8.78 Å². The maximum atomic E-state index is 13.6. The molecule has 10 heteroatoms. The van der Waals surface area contributed by atoms with Crippen molar-refractivity contribution in [2.45, 2.75) is 18.9 Å². The molecule has 0 saturated carbocycles. The fourth-order valence-electron chi connectivity index (χ4n) is 5.10. The van der Waals surface area contributed by atoms with E-state index in [2.05, 4.69) is 30.1 Å². The van der Waals surface area contributed by atoms with Gasteiger partial charge in [0, 0.05) is 61.4 Å². The number of likely N-dealkylation sites (tertiary alicyclic amines) is 1. The Kier molecular flexibility index (Phi) is 5.22. The smallest absolute Gasteiger partial charge is 0.261 e. The summed E-state index contributed by atoms with van der Waals surface area (Å²) in [4.78, 5) is 23.1. The van der Waals surface area contributed by atoms with Gasteiger partial charge in [-0.2, -0.15) is 5.10 Å². The van der Waals surface area contributed by atoms with Crippen LogP contribution in [0.25, 0.3) is 55.8 Å². The van der Waals surface area contributed by atoms with Crippen LogP contribution in [-0.4, -0.2) is 59.0 Å². The highest BCUT2D eigenvalue weighted by molar-refractivity contribution is 5.99. The molecule has 0 bridgehead atoms. The number of hydrogen-bond acceptors (Lipinski definition) is 6. The first-order chi connectivity index (χ1) is 18.5. The van der Waals surface area contributed by atoms with Crippen molar-refractivity contribution in [2.24, 2.45) is 0 Å². The second kappa shape index (κ2) is 8.77. The molecule has 1 aliphatic rings. The first-order valence-corrected chi connectivity index (χ1v) is 12.3. The van der Waals surface area contributed by atoms with Gasteiger partial charge in [-0.25, -0.2) is 18.7 Å². The molecule has 38 heavy (non-hydrogen) atoms. The number of rotatable bonds is 5. The maximum absolute atomic E-state index is 13.6. The van der Waals surface area contributed by atoms with Crippen LogP contribution in [0.15, 0.2) is 73.4 Å². The lowest BCUT2D eigenvalue weighted by Crippen LogP contribution is -2.24. The molecule has 6 aromatic heterocycles. The van der Waals surface area contributed by atoms with Crippen molar-refractivity contribution in [3.05, 3.63) is 79.0 Å². The average molecular weight is 509 g/mol. The first kappa shape index (κ1) is 22.6. The maximum Gasteiger partial charge on any atom is 0.261 e. The number of aromatic amines is 2. The molecule has 0 amide bonds. The number of aromatic nitrogens is 7. The summed E-state index contributed by atoms with van der Waals surface area (Å²) < 4.78 is 27.3. The molecule has 0 aliphatic carbocycles. The Morgan fingerprint density at radius 3 is 2.68 bits per heavy atom. The molecule has 188 valence electrons. The fraction of sp³-hybridized carbons (Fsp3) is 0.179. The van der Waals surface area contributed by atoms with Gasteiger partial charge >= 0.3 is 0 Å². The minimum Gasteiger partial charge on any atom is -0.338 e. The average Bonchev–Trinajstić information content (AvgIpc) is 3.64. The Balaban J connectivity index is 1.24. The summed E-state index contributed by atoms with van der Waals surface area (Å²) >= 11 is 0. The van der Waals surface area contributed by atoms with E-state index in [-0.39, 0.29) is 13.0 Å². The molecule has 1 aliphatic heterocycles. The van der Waals surface area contributed by atoms with Crippen molar-refractivity contribution in [3.63, 3.8) is 0 Å². The molecular formula is C28H22F2N8. The van der Waals surface area contributed by atoms with Crippen LogP contribution in [0.1, 0.15) is 12.0 Å². The largest absolute Gasteiger partial charge is 0.338 e. The topological polar surface area (TPSA) is 99.3 Å². The molecule has 1 fully saturated rings. The molecule has 7 heterocycles. The van der Waals surface area contributed by atoms with E-state index in [1.165, 1.54) is 0 Å². The van der Waals surface area contributed by atoms with Gasteiger partial charge in [-0.1, -0.05) is 0 Å². The predicted octanol–water partition coefficient (Wildman–Crippen LogP) is 5.47. The van der Waals surface area contributed by atoms with Crippen molar-refractivity contribution in [1.29, 1.82) is 0 Å². The van der Waals surface area contributed by atoms with Crippen LogP contribution in [0, 0.1) is 0 Å². The minimum absolute atomic E-state index is 0.102. The van der Waals surface area contributed by atoms with E-state index in [4.69, 9.17) is 4.98 Å². The van der Waals surface area contributed by atoms with Crippen molar-refractivity contribution in [3.8, 4) is 33.8 Å². The number of H-pyrrole nitrogens is 2. The summed E-state index contributed by atoms with van der Waals surface area (Å²) in [7, 11) is 0. The van der Waals surface area contributed by atoms with Gasteiger partial charge in [0.15, 0.2) is 0 Å². The van der Waals surface area contributed by atoms with E-state index in [1.54, 1.807) is 35.9 Å². The Hall–Kier alpha value is -4.57. The third kappa shape index (κ3) is 4.08. The monoisotopic (exact) mass is 508 g/mol. The highest BCUT2D eigenvalue weighted by Gasteiger charge is 2.37. The highest BCUT2D eigenvalue weighted by atomic mass is 19.3. The highest BCUT2D eigenvalue weighted by Crippen LogP contribution is 2.33. The van der Waals surface area contributed by atoms with Gasteiger partial charge in [0.1, 0.15) is 16.9 Å². The Labute approximate surface area is 215 Å². The number of nitrogens with zero attached hydrogens (tertiary/aromatic N) is 6. The van der Waals surface area contributed by atoms with Crippen LogP contribution in [0.5, 0.6) is 0 Å². The second-order valence-corrected chi connectivity index (χ2v) is 9.60. The number of nitrogens with one attached hydrogen (secondary N) is 2. The number of halogens is 2. The van der Waals surface area contributed by atoms with Gasteiger partial charge < -0.3 is 4.98 Å². The quantitative estimate of drug-likeness (QED) is 0.321. The number of fused-ring (bicyclic) bond motifs is 2. The standard InChI is InChI=1S/C28H22F2N8/c29-28(30)6-10-38(16-28)15-17-11-19(14-32-13-17)22-1-2-23-25(34-22)26(37-36-23)24-12-21-20(5-9-33-27(21)35-24)18-3-7-31-8-4-18/h1-5,7-9,11-14H,6,10,15-16H2,(H,33,35)(H,36,37). The van der Waals surface area contributed by atoms with Crippen LogP contribution in [0.3, 0.4) is 0 Å². The van der Waals surface area contributed by atoms with Crippen LogP contribution >= 0.6 is 0 Å². The second-order valence-electron chi connectivity index (χ2n) is 9.60. The summed E-state index contributed by atoms with van der Waals surface area (Å²) in [6, 6.07) is 13.8. The molecule has 2 N–H and O–H groups in total. The summed E-state index contributed by atoms with van der Waals surface area (Å²) in [5, 5.41) is 8.59. The summed E-state index contributed by atoms with van der Waals surface area (Å²) in [6.07, 6.45) is 8.68. The lowest BCUT2D eigenvalue weighted by molar-refractivity contribution is 0.0115. The summed E-state index contributed by atoms with van der Waals surface area (Å²) in [5.74, 6) is -2.62. The van der Waals surface area contributed by atoms with E-state index < -0.39 is 5.92 Å². The Morgan fingerprint density at radius 2 is 1.84 bits per heavy atom. The van der Waals surface area contributed by atoms with Crippen LogP contribution < -0.4 is 0 Å². The van der Waals surface area contributed by atoms with Gasteiger partial charge in [-0.3, -0.25) is 20.0 Å². The lowest BCUT2D eigenvalue weighted by atomic mass is 10.1. The van der Waals surface area contributed by atoms with Crippen LogP contribution in [0.4, 0.5) is 8.78 Å². The molecule has 1 saturated heterocycles. The molecule has 0 aromatic carbocycles. The molecule has 8 nitrogen and oxygen atoms in total. The minimum atomic E-state index is -2.62. The molecule has 6 aromatic rings. The summed E-state index contributed by atoms with van der Waals surface area (Å²) in [6.45, 7) is 0.585. The van der Waals surface area contributed by atoms with Crippen molar-refractivity contribution in [1.82, 2.24) is 40.0 Å². The fourth-order valence-corrected chi connectivity index (χ4v) is 5.10. The molecular weight excluding hydrogens is 486 g/mol. The van der Waals surface area contributed by atoms with Gasteiger partial charge in [-0.05, 0) is 59.2 Å². The SMILES string of the molecule is FC1(F)CCN(Cc2cncc(-c3ccc4[nH]nc(-c5cc6c(-c7ccncc7)ccnc6[nH]5)c4n3)c2)C1. The van der Waals surface area contributed by atoms with E-state index in [9.17, 15) is 8.78 Å². The first-order valence-electron chi connectivity index (χ1n) is 12.3. The van der Waals surface area contributed by atoms with E-state index in [0.717, 1.165) is 50.2 Å². The van der Waals surface area contributed by atoms with Gasteiger partial charge in [-0.15, -0.1) is 0 Å². The zero-order chi connectivity index (χ0) is 25.7. The van der Waals surface area contributed by atoms with Gasteiger partial charge in [0.05, 0.1) is 23.4 Å². The molecule has 0 atom stereocenters. The van der Waals surface area contributed by atoms with E-state index >= 15 is 0 Å². The molecule has 0 unspecified atom stereocenters. The molecule has 0 radical (unpaired) electrons. The summed E-state index contributed by atoms with van der Waals surface area (Å²) in [5.41, 5.74) is 8.27. The Morgan fingerprint density at radius 1 is 0.947 bits per heavy atom. The van der Waals surface area contributed by atoms with Crippen molar-refractivity contribution >= 4 is 22.1 Å². The van der Waals surface area contributed by atoms with Gasteiger partial charge in [0.2, 0.25) is 0 Å². The molecule has 0 spiro atoms. The Bertz CT molecular complexity index is 1780. The van der Waals surface area contributed by atoms with Crippen molar-refractivity contribution in [2.75, 3.05) is 13.1 Å². The van der Waals surface area contributed by atoms with Gasteiger partial charge in [0.25, 0.3) is 5.92 Å². The number of alkyl halides is 2. The van der Waals surface area contributed by atoms with Crippen LogP contribution in [0.2, 0.25) is 0 Å². The normalized spacial score (nSPS) is 15.5. The van der Waals surface area contributed by atoms with E-state index in [0.29, 0.717) is 24.3 Å². The third-order valence-electron chi connectivity index (χ3n) is 6.93. The van der Waals surface area contributed by atoms with Crippen LogP contribution in [-0.2, 0) is 6.54 Å². The zero-order valence-electron chi connectivity index (χ0n) is 20.2. The number of hydrogen-bond donors (Lipinski definition) is 2. The molecule has 7 rings (SSSR count). The predicted molar refractivity (Wildman–Crippen MR) is 140 cm³/mol. The third-order valence-corrected chi connectivity index (χ3v) is 6.93. The zero-order valence-corrected chi connectivity index (χ0v) is 20.2. The van der Waals surface area contributed by atoms with E-state index in [1.807, 2.05) is 42.5 Å². The number of pyridine rings is 4.